The minimum Gasteiger partial charge on any atom is -0.337 e. The number of aryl methyl sites for hydroxylation is 2. The van der Waals surface area contributed by atoms with Crippen molar-refractivity contribution in [2.24, 2.45) is 7.05 Å². The summed E-state index contributed by atoms with van der Waals surface area (Å²) in [5.41, 5.74) is 1.76. The number of carbonyl (C=O) groups excluding carboxylic acids is 1. The summed E-state index contributed by atoms with van der Waals surface area (Å²) in [5, 5.41) is 2.97. The molecule has 1 saturated heterocycles. The van der Waals surface area contributed by atoms with E-state index in [9.17, 15) is 4.79 Å². The lowest BCUT2D eigenvalue weighted by atomic mass is 10.1. The number of piperazine rings is 1. The van der Waals surface area contributed by atoms with E-state index < -0.39 is 0 Å². The van der Waals surface area contributed by atoms with Crippen LogP contribution in [0.4, 0.5) is 10.5 Å². The van der Waals surface area contributed by atoms with Gasteiger partial charge in [-0.05, 0) is 25.1 Å². The largest absolute Gasteiger partial charge is 0.337 e. The number of rotatable bonds is 3. The Hall–Kier alpha value is -2.41. The maximum absolute atomic E-state index is 12.7. The highest BCUT2D eigenvalue weighted by Crippen LogP contribution is 2.24. The predicted molar refractivity (Wildman–Crippen MR) is 92.8 cm³/mol. The Balaban J connectivity index is 1.74. The molecule has 7 nitrogen and oxygen atoms in total. The van der Waals surface area contributed by atoms with Gasteiger partial charge in [0.25, 0.3) is 0 Å². The molecular weight excluding hydrogens is 304 g/mol. The lowest BCUT2D eigenvalue weighted by molar-refractivity contribution is 0.0927. The third-order valence-electron chi connectivity index (χ3n) is 4.62. The van der Waals surface area contributed by atoms with E-state index in [1.807, 2.05) is 35.7 Å². The number of anilines is 1. The van der Waals surface area contributed by atoms with Crippen molar-refractivity contribution in [3.8, 4) is 0 Å². The fourth-order valence-electron chi connectivity index (χ4n) is 3.12. The Kier molecular flexibility index (Phi) is 4.80. The molecule has 1 aliphatic heterocycles. The molecule has 0 radical (unpaired) electrons. The van der Waals surface area contributed by atoms with Crippen molar-refractivity contribution >= 4 is 11.7 Å². The number of hydrogen-bond acceptors (Lipinski definition) is 4. The molecule has 0 bridgehead atoms. The molecule has 1 fully saturated rings. The van der Waals surface area contributed by atoms with Gasteiger partial charge in [-0.15, -0.1) is 0 Å². The molecule has 1 N–H and O–H groups in total. The summed E-state index contributed by atoms with van der Waals surface area (Å²) in [7, 11) is 1.99. The van der Waals surface area contributed by atoms with Crippen molar-refractivity contribution < 1.29 is 4.79 Å². The van der Waals surface area contributed by atoms with Crippen LogP contribution >= 0.6 is 0 Å². The highest BCUT2D eigenvalue weighted by Gasteiger charge is 2.32. The lowest BCUT2D eigenvalue weighted by Crippen LogP contribution is -2.52. The molecule has 2 amide bonds. The number of pyridine rings is 1. The van der Waals surface area contributed by atoms with Crippen LogP contribution in [0.15, 0.2) is 30.9 Å². The zero-order valence-corrected chi connectivity index (χ0v) is 14.4. The van der Waals surface area contributed by atoms with Crippen LogP contribution in [0.3, 0.4) is 0 Å². The molecule has 3 heterocycles. The summed E-state index contributed by atoms with van der Waals surface area (Å²) in [4.78, 5) is 25.4. The predicted octanol–water partition coefficient (Wildman–Crippen LogP) is 2.03. The summed E-state index contributed by atoms with van der Waals surface area (Å²) < 4.78 is 2.03. The van der Waals surface area contributed by atoms with E-state index in [0.717, 1.165) is 30.2 Å². The Morgan fingerprint density at radius 3 is 2.88 bits per heavy atom. The molecule has 128 valence electrons. The van der Waals surface area contributed by atoms with Crippen LogP contribution in [0.2, 0.25) is 0 Å². The maximum atomic E-state index is 12.7. The number of carbonyl (C=O) groups is 1. The SMILES string of the molecule is CCN1CCN(C(=O)Nc2cnccc2C)C[C@H]1c1nccn1C. The highest BCUT2D eigenvalue weighted by molar-refractivity contribution is 5.90. The van der Waals surface area contributed by atoms with Crippen molar-refractivity contribution in [3.05, 3.63) is 42.2 Å². The van der Waals surface area contributed by atoms with E-state index >= 15 is 0 Å². The molecule has 0 aromatic carbocycles. The zero-order chi connectivity index (χ0) is 17.1. The number of nitrogens with one attached hydrogen (secondary N) is 1. The average molecular weight is 328 g/mol. The van der Waals surface area contributed by atoms with Gasteiger partial charge in [-0.1, -0.05) is 6.92 Å². The van der Waals surface area contributed by atoms with Crippen LogP contribution in [-0.4, -0.2) is 56.5 Å². The highest BCUT2D eigenvalue weighted by atomic mass is 16.2. The van der Waals surface area contributed by atoms with Crippen LogP contribution in [-0.2, 0) is 7.05 Å². The smallest absolute Gasteiger partial charge is 0.322 e. The van der Waals surface area contributed by atoms with Crippen molar-refractivity contribution in [3.63, 3.8) is 0 Å². The molecule has 0 saturated carbocycles. The average Bonchev–Trinajstić information content (AvgIpc) is 3.02. The van der Waals surface area contributed by atoms with E-state index in [-0.39, 0.29) is 12.1 Å². The van der Waals surface area contributed by atoms with E-state index in [1.165, 1.54) is 0 Å². The van der Waals surface area contributed by atoms with Crippen molar-refractivity contribution in [2.45, 2.75) is 19.9 Å². The third-order valence-corrected chi connectivity index (χ3v) is 4.62. The van der Waals surface area contributed by atoms with Gasteiger partial charge < -0.3 is 14.8 Å². The maximum Gasteiger partial charge on any atom is 0.322 e. The first-order chi connectivity index (χ1) is 11.6. The van der Waals surface area contributed by atoms with Crippen LogP contribution < -0.4 is 5.32 Å². The first kappa shape index (κ1) is 16.4. The molecule has 1 atom stereocenters. The molecular formula is C17H24N6O. The van der Waals surface area contributed by atoms with Crippen LogP contribution in [0.25, 0.3) is 0 Å². The normalized spacial score (nSPS) is 18.6. The molecule has 3 rings (SSSR count). The monoisotopic (exact) mass is 328 g/mol. The molecule has 7 heteroatoms. The fraction of sp³-hybridized carbons (Fsp3) is 0.471. The quantitative estimate of drug-likeness (QED) is 0.936. The van der Waals surface area contributed by atoms with Crippen LogP contribution in [0, 0.1) is 6.92 Å². The first-order valence-electron chi connectivity index (χ1n) is 8.28. The number of urea groups is 1. The molecule has 24 heavy (non-hydrogen) atoms. The summed E-state index contributed by atoms with van der Waals surface area (Å²) in [5.74, 6) is 0.993. The second-order valence-corrected chi connectivity index (χ2v) is 6.11. The minimum atomic E-state index is -0.0823. The van der Waals surface area contributed by atoms with Gasteiger partial charge in [-0.2, -0.15) is 0 Å². The lowest BCUT2D eigenvalue weighted by Gasteiger charge is -2.40. The molecule has 2 aromatic rings. The standard InChI is InChI=1S/C17H24N6O/c1-4-22-9-10-23(12-15(22)16-19-7-8-21(16)3)17(24)20-14-11-18-6-5-13(14)2/h5-8,11,15H,4,9-10,12H2,1-3H3,(H,20,24)/t15-/m0/s1. The summed E-state index contributed by atoms with van der Waals surface area (Å²) in [6, 6.07) is 1.92. The Morgan fingerprint density at radius 1 is 1.38 bits per heavy atom. The summed E-state index contributed by atoms with van der Waals surface area (Å²) in [6.45, 7) is 7.22. The van der Waals surface area contributed by atoms with Gasteiger partial charge in [-0.3, -0.25) is 9.88 Å². The number of hydrogen-bond donors (Lipinski definition) is 1. The topological polar surface area (TPSA) is 66.3 Å². The fourth-order valence-corrected chi connectivity index (χ4v) is 3.12. The second-order valence-electron chi connectivity index (χ2n) is 6.11. The second kappa shape index (κ2) is 7.00. The van der Waals surface area contributed by atoms with Gasteiger partial charge in [0.2, 0.25) is 0 Å². The van der Waals surface area contributed by atoms with Gasteiger partial charge >= 0.3 is 6.03 Å². The number of likely N-dealkylation sites (N-methyl/N-ethyl adjacent to an activating group) is 1. The van der Waals surface area contributed by atoms with Crippen LogP contribution in [0.1, 0.15) is 24.4 Å². The molecule has 1 aliphatic rings. The van der Waals surface area contributed by atoms with E-state index in [1.54, 1.807) is 18.6 Å². The Morgan fingerprint density at radius 2 is 2.21 bits per heavy atom. The van der Waals surface area contributed by atoms with Crippen molar-refractivity contribution in [1.29, 1.82) is 0 Å². The van der Waals surface area contributed by atoms with E-state index in [4.69, 9.17) is 0 Å². The summed E-state index contributed by atoms with van der Waals surface area (Å²) >= 11 is 0. The van der Waals surface area contributed by atoms with Crippen molar-refractivity contribution in [2.75, 3.05) is 31.5 Å². The minimum absolute atomic E-state index is 0.0823. The molecule has 0 aliphatic carbocycles. The van der Waals surface area contributed by atoms with E-state index in [2.05, 4.69) is 27.1 Å². The number of imidazole rings is 1. The third kappa shape index (κ3) is 3.26. The van der Waals surface area contributed by atoms with Gasteiger partial charge in [0.1, 0.15) is 5.82 Å². The number of amides is 2. The Labute approximate surface area is 142 Å². The zero-order valence-electron chi connectivity index (χ0n) is 14.4. The first-order valence-corrected chi connectivity index (χ1v) is 8.28. The number of nitrogens with zero attached hydrogens (tertiary/aromatic N) is 5. The van der Waals surface area contributed by atoms with Gasteiger partial charge in [0.15, 0.2) is 0 Å². The summed E-state index contributed by atoms with van der Waals surface area (Å²) in [6.07, 6.45) is 7.16. The van der Waals surface area contributed by atoms with Gasteiger partial charge in [0, 0.05) is 45.3 Å². The number of aromatic nitrogens is 3. The van der Waals surface area contributed by atoms with E-state index in [0.29, 0.717) is 13.1 Å². The Bertz CT molecular complexity index is 713. The van der Waals surface area contributed by atoms with Gasteiger partial charge in [-0.25, -0.2) is 9.78 Å². The molecule has 0 spiro atoms. The van der Waals surface area contributed by atoms with Crippen molar-refractivity contribution in [1.82, 2.24) is 24.3 Å². The molecule has 2 aromatic heterocycles. The van der Waals surface area contributed by atoms with Gasteiger partial charge in [0.05, 0.1) is 17.9 Å². The molecule has 0 unspecified atom stereocenters. The van der Waals surface area contributed by atoms with Crippen LogP contribution in [0.5, 0.6) is 0 Å².